The highest BCUT2D eigenvalue weighted by Gasteiger charge is 2.30. The van der Waals surface area contributed by atoms with Crippen molar-refractivity contribution in [3.05, 3.63) is 69.9 Å². The number of likely N-dealkylation sites (tertiary alicyclic amines) is 1. The van der Waals surface area contributed by atoms with Gasteiger partial charge in [0.25, 0.3) is 0 Å². The van der Waals surface area contributed by atoms with Crippen LogP contribution < -0.4 is 0 Å². The number of hydrogen-bond donors (Lipinski definition) is 4. The van der Waals surface area contributed by atoms with Gasteiger partial charge in [0.05, 0.1) is 19.6 Å². The molecule has 0 aliphatic carbocycles. The summed E-state index contributed by atoms with van der Waals surface area (Å²) in [7, 11) is 0. The van der Waals surface area contributed by atoms with Gasteiger partial charge >= 0.3 is 11.9 Å². The average molecular weight is 670 g/mol. The minimum absolute atomic E-state index is 0.0843. The Labute approximate surface area is 257 Å². The van der Waals surface area contributed by atoms with Crippen LogP contribution in [0.15, 0.2) is 53.0 Å². The van der Waals surface area contributed by atoms with Gasteiger partial charge in [-0.3, -0.25) is 4.79 Å². The van der Waals surface area contributed by atoms with Gasteiger partial charge in [-0.25, -0.2) is 14.0 Å². The first-order chi connectivity index (χ1) is 20.5. The van der Waals surface area contributed by atoms with Crippen molar-refractivity contribution < 1.29 is 48.7 Å². The quantitative estimate of drug-likeness (QED) is 0.281. The second-order valence-corrected chi connectivity index (χ2v) is 11.3. The number of aliphatic carboxylic acids is 2. The van der Waals surface area contributed by atoms with E-state index in [1.165, 1.54) is 12.1 Å². The number of benzene rings is 2. The van der Waals surface area contributed by atoms with Crippen LogP contribution in [-0.4, -0.2) is 105 Å². The van der Waals surface area contributed by atoms with Gasteiger partial charge in [-0.15, -0.1) is 0 Å². The van der Waals surface area contributed by atoms with Gasteiger partial charge in [-0.05, 0) is 54.7 Å². The summed E-state index contributed by atoms with van der Waals surface area (Å²) in [6.45, 7) is 4.91. The number of amides is 1. The van der Waals surface area contributed by atoms with Crippen LogP contribution >= 0.6 is 15.9 Å². The first-order valence-electron chi connectivity index (χ1n) is 14.1. The first kappa shape index (κ1) is 34.5. The predicted molar refractivity (Wildman–Crippen MR) is 156 cm³/mol. The molecule has 2 fully saturated rings. The van der Waals surface area contributed by atoms with Crippen molar-refractivity contribution in [1.82, 2.24) is 9.80 Å². The number of piperidine rings is 1. The van der Waals surface area contributed by atoms with Crippen molar-refractivity contribution in [2.75, 3.05) is 32.8 Å². The molecule has 2 aromatic carbocycles. The number of halogens is 2. The van der Waals surface area contributed by atoms with Crippen LogP contribution in [0.2, 0.25) is 0 Å². The zero-order valence-corrected chi connectivity index (χ0v) is 25.3. The molecule has 4 N–H and O–H groups in total. The van der Waals surface area contributed by atoms with E-state index in [1.807, 2.05) is 29.2 Å². The number of aliphatic hydroxyl groups is 2. The molecule has 0 aromatic heterocycles. The molecule has 2 aliphatic rings. The second kappa shape index (κ2) is 17.4. The number of carbonyl (C=O) groups is 3. The fourth-order valence-electron chi connectivity index (χ4n) is 4.80. The summed E-state index contributed by atoms with van der Waals surface area (Å²) < 4.78 is 25.7. The van der Waals surface area contributed by atoms with Gasteiger partial charge in [-0.1, -0.05) is 40.2 Å². The van der Waals surface area contributed by atoms with Crippen LogP contribution in [0.25, 0.3) is 0 Å². The van der Waals surface area contributed by atoms with Crippen LogP contribution in [0.3, 0.4) is 0 Å². The van der Waals surface area contributed by atoms with Gasteiger partial charge in [0.15, 0.2) is 18.5 Å². The number of nitrogens with zero attached hydrogens (tertiary/aromatic N) is 2. The number of ether oxygens (including phenoxy) is 2. The molecule has 0 radical (unpaired) electrons. The Hall–Kier alpha value is -2.94. The van der Waals surface area contributed by atoms with Crippen LogP contribution in [0, 0.1) is 5.82 Å². The Morgan fingerprint density at radius 1 is 0.907 bits per heavy atom. The molecular formula is C30H38BrFN2O9. The van der Waals surface area contributed by atoms with E-state index in [0.29, 0.717) is 13.0 Å². The highest BCUT2D eigenvalue weighted by atomic mass is 79.9. The van der Waals surface area contributed by atoms with Crippen molar-refractivity contribution in [2.24, 2.45) is 0 Å². The van der Waals surface area contributed by atoms with Gasteiger partial charge < -0.3 is 39.7 Å². The Kier molecular flexibility index (Phi) is 14.0. The monoisotopic (exact) mass is 668 g/mol. The summed E-state index contributed by atoms with van der Waals surface area (Å²) >= 11 is 3.45. The molecule has 2 aromatic rings. The van der Waals surface area contributed by atoms with Gasteiger partial charge in [-0.2, -0.15) is 0 Å². The Morgan fingerprint density at radius 3 is 1.98 bits per heavy atom. The average Bonchev–Trinajstić information content (AvgIpc) is 3.01. The Balaban J connectivity index is 0.000000436. The molecule has 2 aliphatic heterocycles. The van der Waals surface area contributed by atoms with E-state index in [1.54, 1.807) is 12.1 Å². The molecule has 43 heavy (non-hydrogen) atoms. The molecule has 2 heterocycles. The van der Waals surface area contributed by atoms with E-state index in [0.717, 1.165) is 74.1 Å². The molecule has 0 unspecified atom stereocenters. The van der Waals surface area contributed by atoms with Crippen LogP contribution in [0.5, 0.6) is 0 Å². The molecule has 13 heteroatoms. The van der Waals surface area contributed by atoms with E-state index < -0.39 is 24.1 Å². The summed E-state index contributed by atoms with van der Waals surface area (Å²) in [5.74, 6) is -3.68. The van der Waals surface area contributed by atoms with E-state index in [4.69, 9.17) is 29.9 Å². The molecular weight excluding hydrogens is 631 g/mol. The normalized spacial score (nSPS) is 17.8. The number of aliphatic hydroxyl groups excluding tert-OH is 2. The van der Waals surface area contributed by atoms with Gasteiger partial charge in [0.2, 0.25) is 5.91 Å². The lowest BCUT2D eigenvalue weighted by molar-refractivity contribution is -0.183. The molecule has 11 nitrogen and oxygen atoms in total. The molecule has 0 spiro atoms. The van der Waals surface area contributed by atoms with E-state index in [2.05, 4.69) is 20.8 Å². The fraction of sp³-hybridized carbons (Fsp3) is 0.500. The largest absolute Gasteiger partial charge is 0.479 e. The number of carbonyl (C=O) groups excluding carboxylic acids is 1. The summed E-state index contributed by atoms with van der Waals surface area (Å²) in [5, 5.41) is 32.5. The number of carboxylic acid groups (broad SMARTS) is 2. The lowest BCUT2D eigenvalue weighted by atomic mass is 10.0. The maximum atomic E-state index is 13.4. The van der Waals surface area contributed by atoms with E-state index in [-0.39, 0.29) is 24.1 Å². The van der Waals surface area contributed by atoms with Crippen LogP contribution in [0.1, 0.15) is 36.8 Å². The molecule has 0 bridgehead atoms. The molecule has 2 atom stereocenters. The third kappa shape index (κ3) is 11.6. The minimum atomic E-state index is -2.27. The lowest BCUT2D eigenvalue weighted by Crippen LogP contribution is -2.48. The highest BCUT2D eigenvalue weighted by molar-refractivity contribution is 9.10. The van der Waals surface area contributed by atoms with Crippen molar-refractivity contribution in [1.29, 1.82) is 0 Å². The van der Waals surface area contributed by atoms with Crippen molar-refractivity contribution in [3.8, 4) is 0 Å². The van der Waals surface area contributed by atoms with Crippen molar-refractivity contribution in [2.45, 2.75) is 63.2 Å². The second-order valence-electron chi connectivity index (χ2n) is 10.4. The molecule has 0 saturated carbocycles. The maximum Gasteiger partial charge on any atom is 0.335 e. The van der Waals surface area contributed by atoms with E-state index in [9.17, 15) is 18.8 Å². The Morgan fingerprint density at radius 2 is 1.44 bits per heavy atom. The third-order valence-electron chi connectivity index (χ3n) is 7.24. The zero-order valence-electron chi connectivity index (χ0n) is 23.7. The third-order valence-corrected chi connectivity index (χ3v) is 7.76. The highest BCUT2D eigenvalue weighted by Crippen LogP contribution is 2.22. The number of rotatable bonds is 11. The molecule has 4 rings (SSSR count). The molecule has 2 saturated heterocycles. The van der Waals surface area contributed by atoms with Crippen molar-refractivity contribution in [3.63, 3.8) is 0 Å². The summed E-state index contributed by atoms with van der Waals surface area (Å²) in [5.41, 5.74) is 1.95. The van der Waals surface area contributed by atoms with Gasteiger partial charge in [0.1, 0.15) is 5.82 Å². The summed E-state index contributed by atoms with van der Waals surface area (Å²) in [6.07, 6.45) is -0.536. The molecule has 1 amide bonds. The fourth-order valence-corrected chi connectivity index (χ4v) is 5.07. The molecule has 236 valence electrons. The Bertz CT molecular complexity index is 1150. The smallest absolute Gasteiger partial charge is 0.335 e. The van der Waals surface area contributed by atoms with Crippen LogP contribution in [-0.2, 0) is 36.8 Å². The first-order valence-corrected chi connectivity index (χ1v) is 14.9. The lowest BCUT2D eigenvalue weighted by Gasteiger charge is -2.39. The summed E-state index contributed by atoms with van der Waals surface area (Å²) in [6, 6.07) is 14.5. The van der Waals surface area contributed by atoms with Crippen molar-refractivity contribution >= 4 is 33.8 Å². The summed E-state index contributed by atoms with van der Waals surface area (Å²) in [4.78, 5) is 37.4. The number of hydrogen-bond acceptors (Lipinski definition) is 8. The van der Waals surface area contributed by atoms with E-state index >= 15 is 0 Å². The minimum Gasteiger partial charge on any atom is -0.479 e. The van der Waals surface area contributed by atoms with Gasteiger partial charge in [0, 0.05) is 43.1 Å². The SMILES string of the molecule is O=C(Cc1ccc(Br)cc1)N(Cc1ccc(F)cc1)C1CCN(CCC2OCCCO2)CC1.O=C(O)[C@H](O)[C@@H](O)C(=O)O. The number of carboxylic acids is 2. The maximum absolute atomic E-state index is 13.4. The standard InChI is InChI=1S/C26H32BrFN2O3.C4H6O6/c27-22-6-2-20(3-7-22)18-25(31)30(19-21-4-8-23(28)9-5-21)24-10-13-29(14-11-24)15-12-26-32-16-1-17-33-26;5-1(3(7)8)2(6)4(9)10/h2-9,24,26H,1,10-19H2;1-2,5-6H,(H,7,8)(H,9,10)/t;1-,2-/m.1/s1. The predicted octanol–water partition coefficient (Wildman–Crippen LogP) is 2.65. The zero-order chi connectivity index (χ0) is 31.4. The topological polar surface area (TPSA) is 157 Å². The van der Waals surface area contributed by atoms with Crippen LogP contribution in [0.4, 0.5) is 4.39 Å².